The zero-order chi connectivity index (χ0) is 15.6. The first-order valence-corrected chi connectivity index (χ1v) is 8.03. The van der Waals surface area contributed by atoms with E-state index in [4.69, 9.17) is 19.0 Å². The number of rotatable bonds is 5. The largest absolute Gasteiger partial charge is 0.376 e. The molecule has 1 N–H and O–H groups in total. The molecule has 7 nitrogen and oxygen atoms in total. The quantitative estimate of drug-likeness (QED) is 0.905. The van der Waals surface area contributed by atoms with Gasteiger partial charge in [0.05, 0.1) is 42.9 Å². The summed E-state index contributed by atoms with van der Waals surface area (Å²) in [7, 11) is 0. The average Bonchev–Trinajstić information content (AvgIpc) is 3.35. The minimum Gasteiger partial charge on any atom is -0.376 e. The van der Waals surface area contributed by atoms with Crippen molar-refractivity contribution in [3.8, 4) is 11.3 Å². The number of hydrogen-bond donors (Lipinski definition) is 1. The molecule has 1 saturated carbocycles. The fourth-order valence-corrected chi connectivity index (χ4v) is 2.69. The van der Waals surface area contributed by atoms with Crippen LogP contribution < -0.4 is 5.32 Å². The van der Waals surface area contributed by atoms with Gasteiger partial charge in [0.2, 0.25) is 5.95 Å². The zero-order valence-corrected chi connectivity index (χ0v) is 13.1. The number of anilines is 1. The molecule has 0 spiro atoms. The molecule has 4 rings (SSSR count). The van der Waals surface area contributed by atoms with Gasteiger partial charge in [0.25, 0.3) is 0 Å². The molecule has 1 aliphatic carbocycles. The van der Waals surface area contributed by atoms with Crippen molar-refractivity contribution < 1.29 is 14.0 Å². The molecule has 0 radical (unpaired) electrons. The molecule has 2 fully saturated rings. The second-order valence-electron chi connectivity index (χ2n) is 6.05. The molecular formula is C16H20N4O3. The summed E-state index contributed by atoms with van der Waals surface area (Å²) >= 11 is 0. The smallest absolute Gasteiger partial charge is 0.222 e. The molecule has 122 valence electrons. The lowest BCUT2D eigenvalue weighted by molar-refractivity contribution is -0.0819. The first kappa shape index (κ1) is 14.6. The topological polar surface area (TPSA) is 82.3 Å². The normalized spacial score (nSPS) is 21.3. The lowest BCUT2D eigenvalue weighted by Gasteiger charge is -2.23. The zero-order valence-electron chi connectivity index (χ0n) is 13.1. The molecule has 2 aromatic heterocycles. The van der Waals surface area contributed by atoms with Crippen molar-refractivity contribution in [3.63, 3.8) is 0 Å². The van der Waals surface area contributed by atoms with Gasteiger partial charge in [-0.05, 0) is 19.8 Å². The highest BCUT2D eigenvalue weighted by atomic mass is 16.6. The standard InChI is InChI=1S/C16H20N4O3/c1-10-6-14(23-20-10)13-8-18-16(19-15(13)11-2-3-11)17-7-12-9-21-4-5-22-12/h6,8,11-12H,2-5,7,9H2,1H3,(H,17,18,19)/t12-/m1/s1. The van der Waals surface area contributed by atoms with Crippen LogP contribution in [0.2, 0.25) is 0 Å². The molecule has 0 unspecified atom stereocenters. The number of aryl methyl sites for hydroxylation is 1. The van der Waals surface area contributed by atoms with Crippen molar-refractivity contribution in [2.24, 2.45) is 0 Å². The summed E-state index contributed by atoms with van der Waals surface area (Å²) in [6, 6.07) is 1.92. The van der Waals surface area contributed by atoms with Crippen LogP contribution in [0.1, 0.15) is 30.1 Å². The highest BCUT2D eigenvalue weighted by Gasteiger charge is 2.30. The van der Waals surface area contributed by atoms with Gasteiger partial charge in [-0.15, -0.1) is 0 Å². The van der Waals surface area contributed by atoms with Gasteiger partial charge >= 0.3 is 0 Å². The maximum Gasteiger partial charge on any atom is 0.222 e. The van der Waals surface area contributed by atoms with E-state index < -0.39 is 0 Å². The summed E-state index contributed by atoms with van der Waals surface area (Å²) in [6.07, 6.45) is 4.20. The molecule has 3 heterocycles. The average molecular weight is 316 g/mol. The van der Waals surface area contributed by atoms with Crippen LogP contribution in [-0.2, 0) is 9.47 Å². The molecule has 2 aliphatic rings. The monoisotopic (exact) mass is 316 g/mol. The molecule has 1 saturated heterocycles. The summed E-state index contributed by atoms with van der Waals surface area (Å²) in [6.45, 7) is 4.48. The third kappa shape index (κ3) is 3.35. The van der Waals surface area contributed by atoms with E-state index in [1.807, 2.05) is 19.2 Å². The van der Waals surface area contributed by atoms with Gasteiger partial charge in [-0.3, -0.25) is 0 Å². The van der Waals surface area contributed by atoms with Gasteiger partial charge in [-0.25, -0.2) is 9.97 Å². The van der Waals surface area contributed by atoms with Crippen LogP contribution >= 0.6 is 0 Å². The van der Waals surface area contributed by atoms with E-state index >= 15 is 0 Å². The van der Waals surface area contributed by atoms with Gasteiger partial charge in [0.1, 0.15) is 0 Å². The molecule has 1 aliphatic heterocycles. The maximum atomic E-state index is 5.62. The van der Waals surface area contributed by atoms with Crippen LogP contribution in [0, 0.1) is 6.92 Å². The van der Waals surface area contributed by atoms with E-state index in [1.54, 1.807) is 0 Å². The first-order valence-electron chi connectivity index (χ1n) is 8.03. The van der Waals surface area contributed by atoms with Crippen LogP contribution in [0.25, 0.3) is 11.3 Å². The molecule has 0 bridgehead atoms. The minimum atomic E-state index is 0.0494. The van der Waals surface area contributed by atoms with Gasteiger partial charge in [0, 0.05) is 24.7 Å². The van der Waals surface area contributed by atoms with Crippen LogP contribution in [0.3, 0.4) is 0 Å². The molecule has 2 aromatic rings. The van der Waals surface area contributed by atoms with E-state index in [0.717, 1.165) is 35.6 Å². The van der Waals surface area contributed by atoms with Crippen molar-refractivity contribution in [2.45, 2.75) is 31.8 Å². The molecule has 23 heavy (non-hydrogen) atoms. The molecular weight excluding hydrogens is 296 g/mol. The summed E-state index contributed by atoms with van der Waals surface area (Å²) in [5.74, 6) is 1.86. The van der Waals surface area contributed by atoms with Crippen LogP contribution in [0.15, 0.2) is 16.8 Å². The number of nitrogens with zero attached hydrogens (tertiary/aromatic N) is 3. The highest BCUT2D eigenvalue weighted by molar-refractivity contribution is 5.61. The maximum absolute atomic E-state index is 5.62. The SMILES string of the molecule is Cc1cc(-c2cnc(NC[C@@H]3COCCO3)nc2C2CC2)on1. The summed E-state index contributed by atoms with van der Waals surface area (Å²) in [4.78, 5) is 9.11. The Bertz CT molecular complexity index is 678. The molecule has 7 heteroatoms. The minimum absolute atomic E-state index is 0.0494. The van der Waals surface area contributed by atoms with Crippen LogP contribution in [0.4, 0.5) is 5.95 Å². The Morgan fingerprint density at radius 1 is 1.30 bits per heavy atom. The number of aromatic nitrogens is 3. The van der Waals surface area contributed by atoms with Crippen molar-refractivity contribution in [2.75, 3.05) is 31.7 Å². The van der Waals surface area contributed by atoms with E-state index in [-0.39, 0.29) is 6.10 Å². The number of hydrogen-bond acceptors (Lipinski definition) is 7. The third-order valence-electron chi connectivity index (χ3n) is 4.05. The number of ether oxygens (including phenoxy) is 2. The van der Waals surface area contributed by atoms with Crippen LogP contribution in [0.5, 0.6) is 0 Å². The summed E-state index contributed by atoms with van der Waals surface area (Å²) in [5, 5.41) is 7.21. The Balaban J connectivity index is 1.51. The van der Waals surface area contributed by atoms with E-state index in [9.17, 15) is 0 Å². The Morgan fingerprint density at radius 2 is 2.22 bits per heavy atom. The summed E-state index contributed by atoms with van der Waals surface area (Å²) in [5.41, 5.74) is 2.84. The second-order valence-corrected chi connectivity index (χ2v) is 6.05. The van der Waals surface area contributed by atoms with E-state index in [0.29, 0.717) is 38.2 Å². The van der Waals surface area contributed by atoms with Crippen molar-refractivity contribution in [1.82, 2.24) is 15.1 Å². The Labute approximate surface area is 134 Å². The molecule has 0 aromatic carbocycles. The Kier molecular flexibility index (Phi) is 3.97. The Hall–Kier alpha value is -1.99. The van der Waals surface area contributed by atoms with Crippen molar-refractivity contribution >= 4 is 5.95 Å². The van der Waals surface area contributed by atoms with E-state index in [2.05, 4.69) is 15.5 Å². The van der Waals surface area contributed by atoms with E-state index in [1.165, 1.54) is 0 Å². The summed E-state index contributed by atoms with van der Waals surface area (Å²) < 4.78 is 16.4. The molecule has 1 atom stereocenters. The second kappa shape index (κ2) is 6.25. The molecule has 0 amide bonds. The lowest BCUT2D eigenvalue weighted by atomic mass is 10.1. The first-order chi connectivity index (χ1) is 11.3. The predicted octanol–water partition coefficient (Wildman–Crippen LogP) is 2.14. The van der Waals surface area contributed by atoms with Gasteiger partial charge in [0.15, 0.2) is 5.76 Å². The van der Waals surface area contributed by atoms with Gasteiger partial charge in [-0.2, -0.15) is 0 Å². The van der Waals surface area contributed by atoms with Crippen molar-refractivity contribution in [3.05, 3.63) is 23.7 Å². The van der Waals surface area contributed by atoms with Crippen molar-refractivity contribution in [1.29, 1.82) is 0 Å². The van der Waals surface area contributed by atoms with Crippen LogP contribution in [-0.4, -0.2) is 47.6 Å². The fraction of sp³-hybridized carbons (Fsp3) is 0.562. The Morgan fingerprint density at radius 3 is 2.91 bits per heavy atom. The third-order valence-corrected chi connectivity index (χ3v) is 4.05. The lowest BCUT2D eigenvalue weighted by Crippen LogP contribution is -2.34. The predicted molar refractivity (Wildman–Crippen MR) is 83.3 cm³/mol. The number of nitrogens with one attached hydrogen (secondary N) is 1. The van der Waals surface area contributed by atoms with Gasteiger partial charge < -0.3 is 19.3 Å². The fourth-order valence-electron chi connectivity index (χ4n) is 2.69. The van der Waals surface area contributed by atoms with Gasteiger partial charge in [-0.1, -0.05) is 5.16 Å². The highest BCUT2D eigenvalue weighted by Crippen LogP contribution is 2.43.